The SMILES string of the molecule is Cc1c(C#N)c(C(F)(F)F)nc(N2CCCC(F)(F)CC2)c1C(=O)Nc1cccc([S@@](C)(=O)=NC(=O)C2(N)CC2)c1.O=CO. The molecule has 0 unspecified atom stereocenters. The number of nitrogens with one attached hydrogen (secondary N) is 1. The predicted octanol–water partition coefficient (Wildman–Crippen LogP) is 4.33. The fourth-order valence-corrected chi connectivity index (χ4v) is 5.74. The zero-order valence-electron chi connectivity index (χ0n) is 23.6. The molecule has 238 valence electrons. The summed E-state index contributed by atoms with van der Waals surface area (Å²) in [6, 6.07) is 7.01. The van der Waals surface area contributed by atoms with Crippen molar-refractivity contribution in [1.29, 1.82) is 5.26 Å². The van der Waals surface area contributed by atoms with Gasteiger partial charge in [0.25, 0.3) is 18.3 Å². The normalized spacial score (nSPS) is 18.3. The van der Waals surface area contributed by atoms with Gasteiger partial charge in [0.2, 0.25) is 5.92 Å². The van der Waals surface area contributed by atoms with E-state index in [1.807, 2.05) is 0 Å². The molecule has 2 heterocycles. The van der Waals surface area contributed by atoms with Crippen molar-refractivity contribution in [2.75, 3.05) is 29.6 Å². The summed E-state index contributed by atoms with van der Waals surface area (Å²) in [7, 11) is -3.27. The number of hydrogen-bond acceptors (Lipinski definition) is 8. The Balaban J connectivity index is 0.00000169. The van der Waals surface area contributed by atoms with Crippen molar-refractivity contribution in [1.82, 2.24) is 4.98 Å². The van der Waals surface area contributed by atoms with Gasteiger partial charge in [-0.15, -0.1) is 0 Å². The number of anilines is 2. The third kappa shape index (κ3) is 7.85. The predicted molar refractivity (Wildman–Crippen MR) is 149 cm³/mol. The second kappa shape index (κ2) is 12.8. The van der Waals surface area contributed by atoms with E-state index in [0.717, 1.165) is 6.92 Å². The molecule has 1 saturated carbocycles. The van der Waals surface area contributed by atoms with Crippen LogP contribution in [0.15, 0.2) is 33.5 Å². The molecule has 1 aromatic heterocycles. The summed E-state index contributed by atoms with van der Waals surface area (Å²) in [6.45, 7) is 0.451. The molecule has 1 aliphatic heterocycles. The average molecular weight is 645 g/mol. The van der Waals surface area contributed by atoms with Gasteiger partial charge in [-0.05, 0) is 49.9 Å². The van der Waals surface area contributed by atoms with Gasteiger partial charge in [0.1, 0.15) is 11.9 Å². The number of alkyl halides is 5. The number of nitrogens with zero attached hydrogens (tertiary/aromatic N) is 4. The van der Waals surface area contributed by atoms with Crippen molar-refractivity contribution in [3.05, 3.63) is 46.6 Å². The molecular weight excluding hydrogens is 615 g/mol. The number of aromatic nitrogens is 1. The fraction of sp³-hybridized carbons (Fsp3) is 0.444. The molecule has 4 rings (SSSR count). The summed E-state index contributed by atoms with van der Waals surface area (Å²) in [5.41, 5.74) is 1.66. The maximum Gasteiger partial charge on any atom is 0.434 e. The Morgan fingerprint density at radius 2 is 1.86 bits per heavy atom. The molecule has 0 radical (unpaired) electrons. The largest absolute Gasteiger partial charge is 0.483 e. The van der Waals surface area contributed by atoms with Gasteiger partial charge >= 0.3 is 6.18 Å². The Kier molecular flexibility index (Phi) is 10.0. The molecule has 2 aliphatic rings. The second-order valence-corrected chi connectivity index (χ2v) is 12.7. The summed E-state index contributed by atoms with van der Waals surface area (Å²) in [4.78, 5) is 39.1. The monoisotopic (exact) mass is 644 g/mol. The molecule has 0 bridgehead atoms. The first-order valence-electron chi connectivity index (χ1n) is 13.1. The van der Waals surface area contributed by atoms with Gasteiger partial charge in [-0.1, -0.05) is 6.07 Å². The summed E-state index contributed by atoms with van der Waals surface area (Å²) < 4.78 is 86.6. The van der Waals surface area contributed by atoms with E-state index in [1.165, 1.54) is 41.5 Å². The van der Waals surface area contributed by atoms with E-state index >= 15 is 0 Å². The summed E-state index contributed by atoms with van der Waals surface area (Å²) in [5.74, 6) is -5.17. The first-order valence-corrected chi connectivity index (χ1v) is 15.0. The topological polar surface area (TPSA) is 179 Å². The number of amides is 2. The van der Waals surface area contributed by atoms with Crippen LogP contribution >= 0.6 is 0 Å². The molecule has 17 heteroatoms. The lowest BCUT2D eigenvalue weighted by Gasteiger charge is -2.27. The number of nitrogens with two attached hydrogens (primary N) is 1. The van der Waals surface area contributed by atoms with Crippen LogP contribution in [0.25, 0.3) is 0 Å². The van der Waals surface area contributed by atoms with Crippen molar-refractivity contribution < 1.29 is 45.7 Å². The van der Waals surface area contributed by atoms with Crippen LogP contribution < -0.4 is 16.0 Å². The van der Waals surface area contributed by atoms with E-state index in [0.29, 0.717) is 12.8 Å². The van der Waals surface area contributed by atoms with Crippen LogP contribution in [0.5, 0.6) is 0 Å². The Bertz CT molecular complexity index is 1630. The van der Waals surface area contributed by atoms with E-state index < -0.39 is 69.1 Å². The van der Waals surface area contributed by atoms with Gasteiger partial charge in [-0.2, -0.15) is 22.8 Å². The molecule has 0 spiro atoms. The minimum Gasteiger partial charge on any atom is -0.483 e. The van der Waals surface area contributed by atoms with E-state index in [9.17, 15) is 41.0 Å². The Hall–Kier alpha value is -4.17. The van der Waals surface area contributed by atoms with Gasteiger partial charge in [-0.3, -0.25) is 14.4 Å². The minimum absolute atomic E-state index is 0.0600. The lowest BCUT2D eigenvalue weighted by atomic mass is 10.00. The summed E-state index contributed by atoms with van der Waals surface area (Å²) in [5, 5.41) is 18.9. The third-order valence-corrected chi connectivity index (χ3v) is 8.70. The van der Waals surface area contributed by atoms with Crippen LogP contribution in [-0.4, -0.2) is 63.4 Å². The molecule has 11 nitrogen and oxygen atoms in total. The number of carboxylic acid groups (broad SMARTS) is 1. The van der Waals surface area contributed by atoms with Crippen LogP contribution in [0, 0.1) is 18.3 Å². The third-order valence-electron chi connectivity index (χ3n) is 7.05. The van der Waals surface area contributed by atoms with Crippen molar-refractivity contribution in [2.24, 2.45) is 10.1 Å². The highest BCUT2D eigenvalue weighted by Crippen LogP contribution is 2.38. The number of benzene rings is 1. The highest BCUT2D eigenvalue weighted by atomic mass is 32.2. The molecule has 2 aromatic rings. The average Bonchev–Trinajstić information content (AvgIpc) is 3.70. The fourth-order valence-electron chi connectivity index (χ4n) is 4.46. The number of nitriles is 1. The lowest BCUT2D eigenvalue weighted by Crippen LogP contribution is -2.32. The van der Waals surface area contributed by atoms with Crippen molar-refractivity contribution in [3.63, 3.8) is 0 Å². The molecule has 2 fully saturated rings. The van der Waals surface area contributed by atoms with E-state index in [2.05, 4.69) is 14.7 Å². The number of halogens is 5. The zero-order valence-corrected chi connectivity index (χ0v) is 24.4. The first kappa shape index (κ1) is 34.3. The van der Waals surface area contributed by atoms with Crippen molar-refractivity contribution >= 4 is 39.5 Å². The van der Waals surface area contributed by atoms with E-state index in [4.69, 9.17) is 15.6 Å². The minimum atomic E-state index is -5.05. The molecule has 1 aliphatic carbocycles. The smallest absolute Gasteiger partial charge is 0.434 e. The molecule has 4 N–H and O–H groups in total. The van der Waals surface area contributed by atoms with Crippen LogP contribution in [0.1, 0.15) is 59.3 Å². The van der Waals surface area contributed by atoms with E-state index in [-0.39, 0.29) is 47.7 Å². The Labute approximate surface area is 249 Å². The highest BCUT2D eigenvalue weighted by Gasteiger charge is 2.46. The van der Waals surface area contributed by atoms with Gasteiger partial charge in [0, 0.05) is 42.8 Å². The number of rotatable bonds is 5. The zero-order chi connectivity index (χ0) is 33.1. The summed E-state index contributed by atoms with van der Waals surface area (Å²) in [6.07, 6.45) is -4.17. The quantitative estimate of drug-likeness (QED) is 0.316. The molecule has 2 amide bonds. The van der Waals surface area contributed by atoms with Crippen molar-refractivity contribution in [3.8, 4) is 6.07 Å². The number of carbonyl (C=O) groups excluding carboxylic acids is 2. The van der Waals surface area contributed by atoms with Gasteiger partial charge in [0.15, 0.2) is 5.69 Å². The maximum atomic E-state index is 14.0. The lowest BCUT2D eigenvalue weighted by molar-refractivity contribution is -0.141. The highest BCUT2D eigenvalue weighted by molar-refractivity contribution is 7.93. The van der Waals surface area contributed by atoms with Gasteiger partial charge in [0.05, 0.1) is 26.4 Å². The number of hydrogen-bond donors (Lipinski definition) is 3. The van der Waals surface area contributed by atoms with Crippen molar-refractivity contribution in [2.45, 2.75) is 61.6 Å². The van der Waals surface area contributed by atoms with E-state index in [1.54, 1.807) is 0 Å². The van der Waals surface area contributed by atoms with Crippen LogP contribution in [0.3, 0.4) is 0 Å². The first-order chi connectivity index (χ1) is 20.4. The molecule has 1 aromatic carbocycles. The maximum absolute atomic E-state index is 14.0. The number of carbonyl (C=O) groups is 3. The Morgan fingerprint density at radius 1 is 1.23 bits per heavy atom. The molecule has 44 heavy (non-hydrogen) atoms. The van der Waals surface area contributed by atoms with Crippen LogP contribution in [0.4, 0.5) is 33.5 Å². The van der Waals surface area contributed by atoms with Crippen LogP contribution in [0.2, 0.25) is 0 Å². The summed E-state index contributed by atoms with van der Waals surface area (Å²) >= 11 is 0. The molecule has 1 saturated heterocycles. The van der Waals surface area contributed by atoms with Gasteiger partial charge in [-0.25, -0.2) is 18.0 Å². The molecular formula is C27H29F5N6O5S. The van der Waals surface area contributed by atoms with Crippen LogP contribution in [-0.2, 0) is 25.5 Å². The van der Waals surface area contributed by atoms with Gasteiger partial charge < -0.3 is 21.1 Å². The number of pyridine rings is 1. The molecule has 1 atom stereocenters. The standard InChI is InChI=1S/C26H27F5N6O3S.CH2O2/c1-15-18(14-32)20(26(29,30)31)35-21(37-11-4-7-25(27,28)10-12-37)19(15)22(38)34-16-5-3-6-17(13-16)41(2,40)36-23(39)24(33)8-9-24;2-1-3/h3,5-6,13H,4,7-12,33H2,1-2H3,(H,34,38);1H,(H,2,3)/t41-;/m1./s1. The Morgan fingerprint density at radius 3 is 2.43 bits per heavy atom. The second-order valence-electron chi connectivity index (χ2n) is 10.4.